The molecule has 0 spiro atoms. The summed E-state index contributed by atoms with van der Waals surface area (Å²) in [7, 11) is -7.23. The van der Waals surface area contributed by atoms with Crippen LogP contribution in [0.3, 0.4) is 0 Å². The van der Waals surface area contributed by atoms with Gasteiger partial charge in [0, 0.05) is 18.6 Å². The van der Waals surface area contributed by atoms with Crippen molar-refractivity contribution < 1.29 is 16.8 Å². The van der Waals surface area contributed by atoms with Crippen molar-refractivity contribution in [2.75, 3.05) is 6.54 Å². The number of sulfonamides is 2. The van der Waals surface area contributed by atoms with Crippen LogP contribution in [-0.2, 0) is 20.0 Å². The first kappa shape index (κ1) is 20.8. The molecule has 0 aliphatic heterocycles. The molecule has 0 amide bonds. The van der Waals surface area contributed by atoms with Gasteiger partial charge in [0.1, 0.15) is 0 Å². The lowest BCUT2D eigenvalue weighted by molar-refractivity contribution is 0.261. The standard InChI is InChI=1S/C19H30N2O4S2/c1-2-21(17-10-4-3-5-11-17)27(24,25)19-14-12-18(13-15-19)26(22,23)20-16-8-6-7-9-16/h12-17,20H,2-11H2,1H3. The zero-order valence-corrected chi connectivity index (χ0v) is 17.6. The first-order chi connectivity index (χ1) is 12.8. The number of rotatable bonds is 7. The van der Waals surface area contributed by atoms with Gasteiger partial charge in [-0.15, -0.1) is 0 Å². The van der Waals surface area contributed by atoms with Crippen molar-refractivity contribution in [1.29, 1.82) is 0 Å². The van der Waals surface area contributed by atoms with Crippen molar-refractivity contribution in [2.45, 2.75) is 86.6 Å². The second-order valence-corrected chi connectivity index (χ2v) is 11.2. The second kappa shape index (κ2) is 8.59. The summed E-state index contributed by atoms with van der Waals surface area (Å²) in [5.41, 5.74) is 0. The first-order valence-corrected chi connectivity index (χ1v) is 12.9. The van der Waals surface area contributed by atoms with Crippen LogP contribution in [0.5, 0.6) is 0 Å². The topological polar surface area (TPSA) is 83.6 Å². The molecule has 0 saturated heterocycles. The molecule has 27 heavy (non-hydrogen) atoms. The van der Waals surface area contributed by atoms with Gasteiger partial charge < -0.3 is 0 Å². The molecule has 0 bridgehead atoms. The van der Waals surface area contributed by atoms with Crippen molar-refractivity contribution in [2.24, 2.45) is 0 Å². The third kappa shape index (κ3) is 4.72. The number of nitrogens with zero attached hydrogens (tertiary/aromatic N) is 1. The molecule has 1 aromatic carbocycles. The highest BCUT2D eigenvalue weighted by Crippen LogP contribution is 2.28. The highest BCUT2D eigenvalue weighted by molar-refractivity contribution is 7.89. The maximum absolute atomic E-state index is 13.1. The van der Waals surface area contributed by atoms with E-state index in [0.29, 0.717) is 6.54 Å². The van der Waals surface area contributed by atoms with Crippen LogP contribution in [-0.4, -0.2) is 39.8 Å². The summed E-state index contributed by atoms with van der Waals surface area (Å²) in [4.78, 5) is 0.281. The van der Waals surface area contributed by atoms with Crippen molar-refractivity contribution in [3.8, 4) is 0 Å². The number of hydrogen-bond acceptors (Lipinski definition) is 4. The molecule has 2 fully saturated rings. The van der Waals surface area contributed by atoms with Crippen molar-refractivity contribution in [3.05, 3.63) is 24.3 Å². The molecule has 2 aliphatic carbocycles. The fourth-order valence-corrected chi connectivity index (χ4v) is 7.25. The molecular weight excluding hydrogens is 384 g/mol. The lowest BCUT2D eigenvalue weighted by Crippen LogP contribution is -2.41. The van der Waals surface area contributed by atoms with E-state index in [1.54, 1.807) is 4.31 Å². The monoisotopic (exact) mass is 414 g/mol. The zero-order chi connectivity index (χ0) is 19.5. The van der Waals surface area contributed by atoms with Gasteiger partial charge in [-0.05, 0) is 49.9 Å². The summed E-state index contributed by atoms with van der Waals surface area (Å²) in [6.07, 6.45) is 8.86. The van der Waals surface area contributed by atoms with Gasteiger partial charge in [-0.25, -0.2) is 21.6 Å². The van der Waals surface area contributed by atoms with Crippen LogP contribution in [0.15, 0.2) is 34.1 Å². The Labute approximate surface area is 163 Å². The van der Waals surface area contributed by atoms with Gasteiger partial charge in [-0.1, -0.05) is 39.0 Å². The first-order valence-electron chi connectivity index (χ1n) is 9.99. The maximum Gasteiger partial charge on any atom is 0.243 e. The van der Waals surface area contributed by atoms with Gasteiger partial charge in [0.25, 0.3) is 0 Å². The van der Waals surface area contributed by atoms with Gasteiger partial charge in [0.05, 0.1) is 9.79 Å². The highest BCUT2D eigenvalue weighted by Gasteiger charge is 2.31. The summed E-state index contributed by atoms with van der Waals surface area (Å²) in [5.74, 6) is 0. The van der Waals surface area contributed by atoms with E-state index in [1.807, 2.05) is 6.92 Å². The molecule has 6 nitrogen and oxygen atoms in total. The third-order valence-electron chi connectivity index (χ3n) is 5.71. The zero-order valence-electron chi connectivity index (χ0n) is 15.9. The fourth-order valence-electron chi connectivity index (χ4n) is 4.25. The summed E-state index contributed by atoms with van der Waals surface area (Å²) in [5, 5.41) is 0. The van der Waals surface area contributed by atoms with Crippen LogP contribution in [0.4, 0.5) is 0 Å². The molecule has 152 valence electrons. The summed E-state index contributed by atoms with van der Waals surface area (Å²) >= 11 is 0. The molecule has 8 heteroatoms. The quantitative estimate of drug-likeness (QED) is 0.742. The van der Waals surface area contributed by atoms with E-state index in [-0.39, 0.29) is 21.9 Å². The molecule has 0 atom stereocenters. The Balaban J connectivity index is 1.78. The number of benzene rings is 1. The van der Waals surface area contributed by atoms with E-state index in [1.165, 1.54) is 24.3 Å². The third-order valence-corrected chi connectivity index (χ3v) is 9.29. The van der Waals surface area contributed by atoms with Gasteiger partial charge in [-0.3, -0.25) is 0 Å². The van der Waals surface area contributed by atoms with Crippen LogP contribution in [0.25, 0.3) is 0 Å². The normalized spacial score (nSPS) is 20.4. The predicted octanol–water partition coefficient (Wildman–Crippen LogP) is 3.25. The van der Waals surface area contributed by atoms with Gasteiger partial charge in [0.15, 0.2) is 0 Å². The van der Waals surface area contributed by atoms with Gasteiger partial charge in [-0.2, -0.15) is 4.31 Å². The van der Waals surface area contributed by atoms with E-state index in [9.17, 15) is 16.8 Å². The largest absolute Gasteiger partial charge is 0.243 e. The van der Waals surface area contributed by atoms with E-state index in [0.717, 1.165) is 57.8 Å². The molecule has 0 unspecified atom stereocenters. The minimum atomic E-state index is -3.62. The summed E-state index contributed by atoms with van der Waals surface area (Å²) < 4.78 is 55.5. The molecule has 2 aliphatic rings. The minimum absolute atomic E-state index is 0.0136. The van der Waals surface area contributed by atoms with Crippen LogP contribution < -0.4 is 4.72 Å². The van der Waals surface area contributed by atoms with Crippen molar-refractivity contribution in [1.82, 2.24) is 9.03 Å². The lowest BCUT2D eigenvalue weighted by atomic mass is 9.95. The highest BCUT2D eigenvalue weighted by atomic mass is 32.2. The Hall–Kier alpha value is -0.960. The summed E-state index contributed by atoms with van der Waals surface area (Å²) in [6.45, 7) is 2.28. The van der Waals surface area contributed by atoms with E-state index < -0.39 is 20.0 Å². The molecule has 2 saturated carbocycles. The molecule has 0 aromatic heterocycles. The van der Waals surface area contributed by atoms with E-state index >= 15 is 0 Å². The Morgan fingerprint density at radius 3 is 1.93 bits per heavy atom. The lowest BCUT2D eigenvalue weighted by Gasteiger charge is -2.32. The Bertz CT molecular complexity index is 823. The summed E-state index contributed by atoms with van der Waals surface area (Å²) in [6, 6.07) is 5.67. The SMILES string of the molecule is CCN(C1CCCCC1)S(=O)(=O)c1ccc(S(=O)(=O)NC2CCCC2)cc1. The molecule has 0 heterocycles. The van der Waals surface area contributed by atoms with Crippen LogP contribution in [0.1, 0.15) is 64.7 Å². The Morgan fingerprint density at radius 2 is 1.37 bits per heavy atom. The molecule has 0 radical (unpaired) electrons. The van der Waals surface area contributed by atoms with Crippen molar-refractivity contribution >= 4 is 20.0 Å². The minimum Gasteiger partial charge on any atom is -0.208 e. The fraction of sp³-hybridized carbons (Fsp3) is 0.684. The van der Waals surface area contributed by atoms with Gasteiger partial charge in [0.2, 0.25) is 20.0 Å². The maximum atomic E-state index is 13.1. The average Bonchev–Trinajstić information content (AvgIpc) is 3.15. The van der Waals surface area contributed by atoms with E-state index in [4.69, 9.17) is 0 Å². The van der Waals surface area contributed by atoms with Crippen LogP contribution in [0.2, 0.25) is 0 Å². The number of hydrogen-bond donors (Lipinski definition) is 1. The smallest absolute Gasteiger partial charge is 0.208 e. The Morgan fingerprint density at radius 1 is 0.852 bits per heavy atom. The van der Waals surface area contributed by atoms with Gasteiger partial charge >= 0.3 is 0 Å². The average molecular weight is 415 g/mol. The Kier molecular flexibility index (Phi) is 6.61. The van der Waals surface area contributed by atoms with Crippen molar-refractivity contribution in [3.63, 3.8) is 0 Å². The van der Waals surface area contributed by atoms with Crippen LogP contribution >= 0.6 is 0 Å². The molecule has 3 rings (SSSR count). The van der Waals surface area contributed by atoms with E-state index in [2.05, 4.69) is 4.72 Å². The second-order valence-electron chi connectivity index (χ2n) is 7.57. The number of nitrogens with one attached hydrogen (secondary N) is 1. The van der Waals surface area contributed by atoms with Crippen LogP contribution in [0, 0.1) is 0 Å². The predicted molar refractivity (Wildman–Crippen MR) is 105 cm³/mol. The molecule has 1 aromatic rings. The molecule has 1 N–H and O–H groups in total. The molecular formula is C19H30N2O4S2.